The van der Waals surface area contributed by atoms with Crippen molar-refractivity contribution in [3.8, 4) is 5.75 Å². The second-order valence-corrected chi connectivity index (χ2v) is 6.66. The molecule has 0 aliphatic heterocycles. The molecule has 0 unspecified atom stereocenters. The summed E-state index contributed by atoms with van der Waals surface area (Å²) in [7, 11) is 0. The second-order valence-electron chi connectivity index (χ2n) is 5.84. The summed E-state index contributed by atoms with van der Waals surface area (Å²) < 4.78 is 5.66. The molecule has 2 amide bonds. The first-order valence-corrected chi connectivity index (χ1v) is 8.90. The highest BCUT2D eigenvalue weighted by Crippen LogP contribution is 2.23. The largest absolute Gasteiger partial charge is 0.481 e. The van der Waals surface area contributed by atoms with Gasteiger partial charge in [0, 0.05) is 5.56 Å². The number of rotatable bonds is 4. The van der Waals surface area contributed by atoms with Gasteiger partial charge in [0.05, 0.1) is 10.0 Å². The van der Waals surface area contributed by atoms with Crippen molar-refractivity contribution in [3.05, 3.63) is 76.3 Å². The predicted molar refractivity (Wildman–Crippen MR) is 106 cm³/mol. The van der Waals surface area contributed by atoms with Crippen LogP contribution in [0.5, 0.6) is 5.75 Å². The van der Waals surface area contributed by atoms with E-state index in [1.54, 1.807) is 13.0 Å². The number of hydrazine groups is 1. The summed E-state index contributed by atoms with van der Waals surface area (Å²) >= 11 is 11.7. The maximum absolute atomic E-state index is 12.2. The molecule has 2 N–H and O–H groups in total. The number of carbonyl (C=O) groups is 2. The van der Waals surface area contributed by atoms with Crippen molar-refractivity contribution >= 4 is 45.8 Å². The van der Waals surface area contributed by atoms with Crippen LogP contribution in [0.4, 0.5) is 0 Å². The number of hydrogen-bond acceptors (Lipinski definition) is 3. The molecule has 3 aromatic rings. The third-order valence-corrected chi connectivity index (χ3v) is 4.62. The molecule has 138 valence electrons. The fourth-order valence-corrected chi connectivity index (χ4v) is 2.73. The maximum Gasteiger partial charge on any atom is 0.279 e. The van der Waals surface area contributed by atoms with E-state index < -0.39 is 17.9 Å². The Morgan fingerprint density at radius 1 is 0.889 bits per heavy atom. The molecule has 0 heterocycles. The number of fused-ring (bicyclic) bond motifs is 1. The number of benzene rings is 3. The highest BCUT2D eigenvalue weighted by Gasteiger charge is 2.16. The van der Waals surface area contributed by atoms with E-state index in [1.165, 1.54) is 18.2 Å². The first-order valence-electron chi connectivity index (χ1n) is 8.15. The molecule has 0 fully saturated rings. The first kappa shape index (κ1) is 19.0. The van der Waals surface area contributed by atoms with Gasteiger partial charge in [-0.15, -0.1) is 0 Å². The van der Waals surface area contributed by atoms with Crippen LogP contribution in [0.15, 0.2) is 60.7 Å². The van der Waals surface area contributed by atoms with Crippen molar-refractivity contribution in [2.45, 2.75) is 13.0 Å². The summed E-state index contributed by atoms with van der Waals surface area (Å²) in [5.74, 6) is -0.441. The Morgan fingerprint density at radius 2 is 1.63 bits per heavy atom. The van der Waals surface area contributed by atoms with Crippen molar-refractivity contribution in [3.63, 3.8) is 0 Å². The van der Waals surface area contributed by atoms with Gasteiger partial charge in [-0.25, -0.2) is 0 Å². The van der Waals surface area contributed by atoms with Gasteiger partial charge in [0.1, 0.15) is 5.75 Å². The summed E-state index contributed by atoms with van der Waals surface area (Å²) in [4.78, 5) is 24.2. The minimum atomic E-state index is -0.805. The van der Waals surface area contributed by atoms with Crippen LogP contribution < -0.4 is 15.6 Å². The van der Waals surface area contributed by atoms with Crippen molar-refractivity contribution in [2.75, 3.05) is 0 Å². The van der Waals surface area contributed by atoms with E-state index in [9.17, 15) is 9.59 Å². The number of amides is 2. The number of hydrogen-bond donors (Lipinski definition) is 2. The summed E-state index contributed by atoms with van der Waals surface area (Å²) in [5, 5.41) is 2.68. The number of carbonyl (C=O) groups excluding carboxylic acids is 2. The van der Waals surface area contributed by atoms with E-state index in [-0.39, 0.29) is 10.6 Å². The van der Waals surface area contributed by atoms with E-state index in [1.807, 2.05) is 36.4 Å². The zero-order valence-electron chi connectivity index (χ0n) is 14.3. The van der Waals surface area contributed by atoms with Crippen LogP contribution in [0.2, 0.25) is 10.0 Å². The van der Waals surface area contributed by atoms with Crippen LogP contribution in [0.1, 0.15) is 17.3 Å². The molecule has 3 rings (SSSR count). The van der Waals surface area contributed by atoms with Gasteiger partial charge in [-0.3, -0.25) is 20.4 Å². The van der Waals surface area contributed by atoms with Crippen molar-refractivity contribution in [1.82, 2.24) is 10.9 Å². The van der Waals surface area contributed by atoms with Crippen LogP contribution in [-0.2, 0) is 4.79 Å². The smallest absolute Gasteiger partial charge is 0.279 e. The molecule has 0 aliphatic carbocycles. The monoisotopic (exact) mass is 402 g/mol. The Hall–Kier alpha value is -2.76. The van der Waals surface area contributed by atoms with E-state index in [0.717, 1.165) is 10.8 Å². The number of ether oxygens (including phenoxy) is 1. The number of halogens is 2. The highest BCUT2D eigenvalue weighted by atomic mass is 35.5. The minimum Gasteiger partial charge on any atom is -0.481 e. The Kier molecular flexibility index (Phi) is 5.84. The van der Waals surface area contributed by atoms with E-state index in [0.29, 0.717) is 10.8 Å². The lowest BCUT2D eigenvalue weighted by Crippen LogP contribution is -2.47. The van der Waals surface area contributed by atoms with Gasteiger partial charge >= 0.3 is 0 Å². The molecule has 0 spiro atoms. The van der Waals surface area contributed by atoms with Crippen molar-refractivity contribution < 1.29 is 14.3 Å². The predicted octanol–water partition coefficient (Wildman–Crippen LogP) is 4.38. The first-order chi connectivity index (χ1) is 12.9. The van der Waals surface area contributed by atoms with Crippen LogP contribution in [0.3, 0.4) is 0 Å². The third kappa shape index (κ3) is 4.70. The molecule has 0 saturated carbocycles. The Labute approximate surface area is 166 Å². The van der Waals surface area contributed by atoms with Crippen LogP contribution in [0.25, 0.3) is 10.8 Å². The summed E-state index contributed by atoms with van der Waals surface area (Å²) in [6.45, 7) is 1.59. The summed E-state index contributed by atoms with van der Waals surface area (Å²) in [6, 6.07) is 17.8. The fraction of sp³-hybridized carbons (Fsp3) is 0.100. The zero-order chi connectivity index (χ0) is 19.4. The lowest BCUT2D eigenvalue weighted by Gasteiger charge is -2.15. The molecule has 0 aromatic heterocycles. The highest BCUT2D eigenvalue weighted by molar-refractivity contribution is 6.42. The van der Waals surface area contributed by atoms with Gasteiger partial charge in [0.2, 0.25) is 0 Å². The van der Waals surface area contributed by atoms with E-state index in [4.69, 9.17) is 27.9 Å². The molecule has 0 bridgehead atoms. The zero-order valence-corrected chi connectivity index (χ0v) is 15.8. The Balaban J connectivity index is 1.58. The molecule has 7 heteroatoms. The normalized spacial score (nSPS) is 11.7. The Morgan fingerprint density at radius 3 is 2.37 bits per heavy atom. The van der Waals surface area contributed by atoms with Gasteiger partial charge in [-0.05, 0) is 48.0 Å². The average Bonchev–Trinajstić information content (AvgIpc) is 2.67. The quantitative estimate of drug-likeness (QED) is 0.636. The van der Waals surface area contributed by atoms with E-state index in [2.05, 4.69) is 10.9 Å². The van der Waals surface area contributed by atoms with Crippen LogP contribution in [0, 0.1) is 0 Å². The molecule has 27 heavy (non-hydrogen) atoms. The molecule has 0 aliphatic rings. The summed E-state index contributed by atoms with van der Waals surface area (Å²) in [5.41, 5.74) is 4.93. The lowest BCUT2D eigenvalue weighted by atomic mass is 10.1. The minimum absolute atomic E-state index is 0.253. The van der Waals surface area contributed by atoms with Gasteiger partial charge in [0.15, 0.2) is 6.10 Å². The van der Waals surface area contributed by atoms with Gasteiger partial charge in [0.25, 0.3) is 11.8 Å². The van der Waals surface area contributed by atoms with Crippen molar-refractivity contribution in [2.24, 2.45) is 0 Å². The molecular weight excluding hydrogens is 387 g/mol. The lowest BCUT2D eigenvalue weighted by molar-refractivity contribution is -0.128. The average molecular weight is 403 g/mol. The van der Waals surface area contributed by atoms with Crippen LogP contribution >= 0.6 is 23.2 Å². The van der Waals surface area contributed by atoms with Crippen molar-refractivity contribution in [1.29, 1.82) is 0 Å². The number of nitrogens with one attached hydrogen (secondary N) is 2. The standard InChI is InChI=1S/C20H16Cl2N2O3/c1-12(27-16-8-6-13-4-2-3-5-14(13)10-16)19(25)23-24-20(26)15-7-9-17(21)18(22)11-15/h2-12H,1H3,(H,23,25)(H,24,26)/t12-/m0/s1. The summed E-state index contributed by atoms with van der Waals surface area (Å²) in [6.07, 6.45) is -0.805. The fourth-order valence-electron chi connectivity index (χ4n) is 2.43. The van der Waals surface area contributed by atoms with E-state index >= 15 is 0 Å². The maximum atomic E-state index is 12.2. The van der Waals surface area contributed by atoms with Gasteiger partial charge in [-0.1, -0.05) is 53.5 Å². The van der Waals surface area contributed by atoms with Crippen LogP contribution in [-0.4, -0.2) is 17.9 Å². The molecule has 5 nitrogen and oxygen atoms in total. The van der Waals surface area contributed by atoms with Gasteiger partial charge < -0.3 is 4.74 Å². The molecule has 1 atom stereocenters. The van der Waals surface area contributed by atoms with Gasteiger partial charge in [-0.2, -0.15) is 0 Å². The Bertz CT molecular complexity index is 1010. The topological polar surface area (TPSA) is 67.4 Å². The molecule has 0 saturated heterocycles. The third-order valence-electron chi connectivity index (χ3n) is 3.88. The molecule has 0 radical (unpaired) electrons. The second kappa shape index (κ2) is 8.29. The molecular formula is C20H16Cl2N2O3. The molecule has 3 aromatic carbocycles. The SMILES string of the molecule is C[C@H](Oc1ccc2ccccc2c1)C(=O)NNC(=O)c1ccc(Cl)c(Cl)c1.